The fourth-order valence-corrected chi connectivity index (χ4v) is 3.00. The Bertz CT molecular complexity index is 655. The monoisotopic (exact) mass is 376 g/mol. The summed E-state index contributed by atoms with van der Waals surface area (Å²) in [6, 6.07) is 0. The van der Waals surface area contributed by atoms with Crippen molar-refractivity contribution in [1.29, 1.82) is 0 Å². The summed E-state index contributed by atoms with van der Waals surface area (Å²) in [4.78, 5) is 12.1. The zero-order valence-corrected chi connectivity index (χ0v) is 16.2. The van der Waals surface area contributed by atoms with E-state index in [1.54, 1.807) is 12.5 Å². The van der Waals surface area contributed by atoms with Crippen LogP contribution in [0.3, 0.4) is 0 Å². The Morgan fingerprint density at radius 1 is 1.36 bits per heavy atom. The molecule has 0 N–H and O–H groups in total. The van der Waals surface area contributed by atoms with Crippen LogP contribution in [0, 0.1) is 17.8 Å². The number of nitrogens with zero attached hydrogens (tertiary/aromatic N) is 2. The topological polar surface area (TPSA) is 102 Å². The van der Waals surface area contributed by atoms with E-state index in [4.69, 9.17) is 4.74 Å². The van der Waals surface area contributed by atoms with Gasteiger partial charge < -0.3 is 9.29 Å². The molecule has 0 spiro atoms. The largest absolute Gasteiger partial charge is 0.726 e. The second-order valence-electron chi connectivity index (χ2n) is 6.81. The van der Waals surface area contributed by atoms with E-state index in [1.165, 1.54) is 11.0 Å². The molecule has 8 nitrogen and oxygen atoms in total. The SMILES string of the molecule is CC(C)[C@@H]1CC[C@@H](C)C[C@H]1OC(=O)n1cc[n+](C)c1.COS(=O)(=O)[O-]. The highest BCUT2D eigenvalue weighted by molar-refractivity contribution is 7.80. The molecule has 1 aromatic heterocycles. The maximum atomic E-state index is 12.1. The van der Waals surface area contributed by atoms with Crippen molar-refractivity contribution in [3.8, 4) is 0 Å². The van der Waals surface area contributed by atoms with Crippen LogP contribution in [-0.4, -0.2) is 36.8 Å². The molecule has 1 aromatic rings. The minimum atomic E-state index is -4.41. The standard InChI is InChI=1S/C15H25N2O2.CH4O4S/c1-11(2)13-6-5-12(3)9-14(13)19-15(18)17-8-7-16(4)10-17;1-5-6(2,3)4/h7-8,10-14H,5-6,9H2,1-4H3;1H3,(H,2,3,4)/q+1;/p-1/t12-,13+,14-;/m1./s1. The van der Waals surface area contributed by atoms with Gasteiger partial charge in [-0.25, -0.2) is 13.0 Å². The summed E-state index contributed by atoms with van der Waals surface area (Å²) < 4.78 is 40.1. The van der Waals surface area contributed by atoms with E-state index >= 15 is 0 Å². The Balaban J connectivity index is 0.000000450. The molecule has 0 bridgehead atoms. The molecule has 1 heterocycles. The van der Waals surface area contributed by atoms with Crippen molar-refractivity contribution in [2.75, 3.05) is 7.11 Å². The van der Waals surface area contributed by atoms with Crippen LogP contribution < -0.4 is 4.57 Å². The second-order valence-corrected chi connectivity index (χ2v) is 7.96. The van der Waals surface area contributed by atoms with Gasteiger partial charge in [-0.2, -0.15) is 4.79 Å². The molecule has 9 heteroatoms. The number of aryl methyl sites for hydroxylation is 1. The molecule has 0 aromatic carbocycles. The Morgan fingerprint density at radius 2 is 1.96 bits per heavy atom. The van der Waals surface area contributed by atoms with Gasteiger partial charge in [-0.05, 0) is 30.6 Å². The van der Waals surface area contributed by atoms with Gasteiger partial charge in [0, 0.05) is 0 Å². The Morgan fingerprint density at radius 3 is 2.40 bits per heavy atom. The molecule has 0 saturated heterocycles. The van der Waals surface area contributed by atoms with E-state index in [9.17, 15) is 17.8 Å². The number of carbonyl (C=O) groups excluding carboxylic acids is 1. The molecule has 1 aliphatic rings. The number of hydrogen-bond acceptors (Lipinski definition) is 6. The highest BCUT2D eigenvalue weighted by atomic mass is 32.3. The van der Waals surface area contributed by atoms with Crippen molar-refractivity contribution in [3.63, 3.8) is 0 Å². The molecule has 1 fully saturated rings. The van der Waals surface area contributed by atoms with E-state index in [0.717, 1.165) is 20.0 Å². The lowest BCUT2D eigenvalue weighted by Gasteiger charge is -2.35. The summed E-state index contributed by atoms with van der Waals surface area (Å²) in [6.07, 6.45) is 8.50. The van der Waals surface area contributed by atoms with Crippen LogP contribution >= 0.6 is 0 Å². The van der Waals surface area contributed by atoms with Crippen molar-refractivity contribution in [2.24, 2.45) is 24.8 Å². The molecular weight excluding hydrogens is 348 g/mol. The van der Waals surface area contributed by atoms with E-state index in [0.29, 0.717) is 17.8 Å². The van der Waals surface area contributed by atoms with Gasteiger partial charge >= 0.3 is 6.09 Å². The summed E-state index contributed by atoms with van der Waals surface area (Å²) in [5, 5.41) is 0. The van der Waals surface area contributed by atoms with Gasteiger partial charge in [0.2, 0.25) is 10.4 Å². The van der Waals surface area contributed by atoms with Gasteiger partial charge in [0.05, 0.1) is 14.2 Å². The molecular formula is C16H28N2O6S. The molecule has 1 saturated carbocycles. The molecule has 144 valence electrons. The van der Waals surface area contributed by atoms with Crippen LogP contribution in [0.15, 0.2) is 18.7 Å². The van der Waals surface area contributed by atoms with E-state index < -0.39 is 10.4 Å². The first-order valence-corrected chi connectivity index (χ1v) is 9.62. The smallest absolute Gasteiger partial charge is 0.511 e. The predicted octanol–water partition coefficient (Wildman–Crippen LogP) is 1.85. The molecule has 2 rings (SSSR count). The van der Waals surface area contributed by atoms with Crippen LogP contribution in [0.4, 0.5) is 4.79 Å². The minimum absolute atomic E-state index is 0.0592. The van der Waals surface area contributed by atoms with Crippen molar-refractivity contribution in [1.82, 2.24) is 4.57 Å². The maximum absolute atomic E-state index is 12.1. The van der Waals surface area contributed by atoms with Crippen molar-refractivity contribution in [2.45, 2.75) is 46.1 Å². The van der Waals surface area contributed by atoms with Crippen LogP contribution in [0.25, 0.3) is 0 Å². The van der Waals surface area contributed by atoms with E-state index in [1.807, 2.05) is 17.8 Å². The molecule has 1 aliphatic carbocycles. The Hall–Kier alpha value is -1.45. The van der Waals surface area contributed by atoms with Crippen molar-refractivity contribution in [3.05, 3.63) is 18.7 Å². The fourth-order valence-electron chi connectivity index (χ4n) is 3.00. The van der Waals surface area contributed by atoms with Crippen LogP contribution in [-0.2, 0) is 26.4 Å². The van der Waals surface area contributed by atoms with Crippen molar-refractivity contribution < 1.29 is 31.3 Å². The lowest BCUT2D eigenvalue weighted by atomic mass is 9.75. The second kappa shape index (κ2) is 9.30. The normalized spacial score (nSPS) is 23.7. The molecule has 3 atom stereocenters. The molecule has 0 unspecified atom stereocenters. The van der Waals surface area contributed by atoms with Gasteiger partial charge in [-0.3, -0.25) is 4.18 Å². The van der Waals surface area contributed by atoms with Crippen LogP contribution in [0.2, 0.25) is 0 Å². The molecule has 0 radical (unpaired) electrons. The highest BCUT2D eigenvalue weighted by Gasteiger charge is 2.34. The predicted molar refractivity (Wildman–Crippen MR) is 89.3 cm³/mol. The summed E-state index contributed by atoms with van der Waals surface area (Å²) >= 11 is 0. The first-order valence-electron chi connectivity index (χ1n) is 8.29. The summed E-state index contributed by atoms with van der Waals surface area (Å²) in [5.41, 5.74) is 0. The highest BCUT2D eigenvalue weighted by Crippen LogP contribution is 2.35. The zero-order chi connectivity index (χ0) is 19.2. The van der Waals surface area contributed by atoms with Crippen molar-refractivity contribution >= 4 is 16.5 Å². The van der Waals surface area contributed by atoms with E-state index in [2.05, 4.69) is 25.0 Å². The first-order chi connectivity index (χ1) is 11.5. The fraction of sp³-hybridized carbons (Fsp3) is 0.750. The zero-order valence-electron chi connectivity index (χ0n) is 15.4. The van der Waals surface area contributed by atoms with Gasteiger partial charge in [0.1, 0.15) is 18.5 Å². The minimum Gasteiger partial charge on any atom is -0.726 e. The quantitative estimate of drug-likeness (QED) is 0.453. The average Bonchev–Trinajstić information content (AvgIpc) is 2.93. The van der Waals surface area contributed by atoms with Gasteiger partial charge in [0.15, 0.2) is 0 Å². The van der Waals surface area contributed by atoms with Gasteiger partial charge in [-0.15, -0.1) is 4.57 Å². The third-order valence-electron chi connectivity index (χ3n) is 4.40. The third kappa shape index (κ3) is 7.54. The molecule has 0 amide bonds. The number of rotatable bonds is 3. The third-order valence-corrected chi connectivity index (χ3v) is 4.81. The lowest BCUT2D eigenvalue weighted by molar-refractivity contribution is -0.670. The summed E-state index contributed by atoms with van der Waals surface area (Å²) in [5.74, 6) is 1.70. The Labute approximate surface area is 149 Å². The number of aromatic nitrogens is 2. The molecule has 25 heavy (non-hydrogen) atoms. The van der Waals surface area contributed by atoms with Crippen LogP contribution in [0.5, 0.6) is 0 Å². The number of carbonyl (C=O) groups is 1. The number of ether oxygens (including phenoxy) is 1. The van der Waals surface area contributed by atoms with Gasteiger partial charge in [0.25, 0.3) is 6.33 Å². The first kappa shape index (κ1) is 21.6. The van der Waals surface area contributed by atoms with Crippen LogP contribution in [0.1, 0.15) is 40.0 Å². The Kier molecular flexibility index (Phi) is 8.04. The van der Waals surface area contributed by atoms with E-state index in [-0.39, 0.29) is 12.2 Å². The summed E-state index contributed by atoms with van der Waals surface area (Å²) in [7, 11) is -1.71. The average molecular weight is 376 g/mol. The number of hydrogen-bond donors (Lipinski definition) is 0. The van der Waals surface area contributed by atoms with Gasteiger partial charge in [-0.1, -0.05) is 27.2 Å². The lowest BCUT2D eigenvalue weighted by Crippen LogP contribution is -2.37. The maximum Gasteiger partial charge on any atom is 0.511 e. The summed E-state index contributed by atoms with van der Waals surface area (Å²) in [6.45, 7) is 6.68. The number of imidazole rings is 1. The molecule has 0 aliphatic heterocycles.